The van der Waals surface area contributed by atoms with Gasteiger partial charge < -0.3 is 5.32 Å². The summed E-state index contributed by atoms with van der Waals surface area (Å²) < 4.78 is 0. The molecule has 0 aliphatic heterocycles. The van der Waals surface area contributed by atoms with Crippen LogP contribution in [-0.2, 0) is 9.59 Å². The molecule has 0 aliphatic carbocycles. The molecule has 0 spiro atoms. The molecule has 1 N–H and O–H groups in total. The smallest absolute Gasteiger partial charge is 0.243 e. The molecule has 0 heterocycles. The maximum atomic E-state index is 11.0. The first-order valence-corrected chi connectivity index (χ1v) is 4.16. The van der Waals surface area contributed by atoms with E-state index in [1.807, 2.05) is 0 Å². The summed E-state index contributed by atoms with van der Waals surface area (Å²) in [5.74, 6) is -0.252. The lowest BCUT2D eigenvalue weighted by Crippen LogP contribution is -2.14. The first-order chi connectivity index (χ1) is 6.11. The Labute approximate surface area is 78.5 Å². The molecule has 0 radical (unpaired) electrons. The fourth-order valence-corrected chi connectivity index (χ4v) is 0.780. The van der Waals surface area contributed by atoms with Gasteiger partial charge in [-0.25, -0.2) is 0 Å². The molecular weight excluding hydrogens is 166 g/mol. The van der Waals surface area contributed by atoms with E-state index in [2.05, 4.69) is 11.9 Å². The monoisotopic (exact) mass is 181 g/mol. The van der Waals surface area contributed by atoms with Crippen molar-refractivity contribution < 1.29 is 9.59 Å². The Morgan fingerprint density at radius 3 is 2.62 bits per heavy atom. The fourth-order valence-electron chi connectivity index (χ4n) is 0.780. The molecule has 1 amide bonds. The van der Waals surface area contributed by atoms with Crippen LogP contribution in [0.25, 0.3) is 0 Å². The van der Waals surface area contributed by atoms with Gasteiger partial charge in [0.2, 0.25) is 5.91 Å². The molecule has 0 aromatic rings. The van der Waals surface area contributed by atoms with Crippen LogP contribution < -0.4 is 5.32 Å². The maximum absolute atomic E-state index is 11.0. The van der Waals surface area contributed by atoms with Crippen LogP contribution in [0.4, 0.5) is 0 Å². The molecule has 1 atom stereocenters. The van der Waals surface area contributed by atoms with Gasteiger partial charge in [0.05, 0.1) is 0 Å². The van der Waals surface area contributed by atoms with E-state index in [-0.39, 0.29) is 17.6 Å². The minimum absolute atomic E-state index is 0.00144. The molecule has 0 aliphatic rings. The lowest BCUT2D eigenvalue weighted by atomic mass is 10.0. The Morgan fingerprint density at radius 2 is 2.15 bits per heavy atom. The third-order valence-corrected chi connectivity index (χ3v) is 1.69. The van der Waals surface area contributed by atoms with Gasteiger partial charge in [-0.3, -0.25) is 9.59 Å². The number of hydrogen-bond acceptors (Lipinski definition) is 2. The van der Waals surface area contributed by atoms with Gasteiger partial charge in [0.1, 0.15) is 0 Å². The van der Waals surface area contributed by atoms with E-state index < -0.39 is 0 Å². The number of likely N-dealkylation sites (N-methyl/N-ethyl adjacent to an activating group) is 1. The topological polar surface area (TPSA) is 46.2 Å². The van der Waals surface area contributed by atoms with E-state index in [0.717, 1.165) is 0 Å². The Balaban J connectivity index is 3.88. The summed E-state index contributed by atoms with van der Waals surface area (Å²) in [5, 5.41) is 2.45. The van der Waals surface area contributed by atoms with Crippen molar-refractivity contribution in [1.82, 2.24) is 5.32 Å². The zero-order valence-corrected chi connectivity index (χ0v) is 8.04. The summed E-state index contributed by atoms with van der Waals surface area (Å²) in [5.41, 5.74) is 0. The van der Waals surface area contributed by atoms with Gasteiger partial charge in [-0.15, -0.1) is 0 Å². The molecular formula is C10H15NO2. The summed E-state index contributed by atoms with van der Waals surface area (Å²) in [6.45, 7) is 5.19. The molecule has 0 aromatic carbocycles. The van der Waals surface area contributed by atoms with Gasteiger partial charge in [-0.1, -0.05) is 19.6 Å². The molecule has 0 saturated heterocycles. The third-order valence-electron chi connectivity index (χ3n) is 1.69. The molecule has 0 rings (SSSR count). The number of allylic oxidation sites excluding steroid dienone is 2. The molecule has 3 nitrogen and oxygen atoms in total. The number of nitrogens with one attached hydrogen (secondary N) is 1. The van der Waals surface area contributed by atoms with E-state index >= 15 is 0 Å². The van der Waals surface area contributed by atoms with Crippen molar-refractivity contribution >= 4 is 11.7 Å². The van der Waals surface area contributed by atoms with Gasteiger partial charge in [-0.2, -0.15) is 0 Å². The molecule has 1 unspecified atom stereocenters. The normalized spacial score (nSPS) is 12.5. The Morgan fingerprint density at radius 1 is 1.54 bits per heavy atom. The van der Waals surface area contributed by atoms with Crippen molar-refractivity contribution in [3.63, 3.8) is 0 Å². The fraction of sp³-hybridized carbons (Fsp3) is 0.400. The second-order valence-electron chi connectivity index (χ2n) is 2.76. The van der Waals surface area contributed by atoms with Crippen LogP contribution in [0, 0.1) is 5.92 Å². The highest BCUT2D eigenvalue weighted by atomic mass is 16.1. The Kier molecular flexibility index (Phi) is 5.52. The van der Waals surface area contributed by atoms with Crippen LogP contribution in [0.2, 0.25) is 0 Å². The minimum Gasteiger partial charge on any atom is -0.356 e. The van der Waals surface area contributed by atoms with Crippen LogP contribution in [0.3, 0.4) is 0 Å². The van der Waals surface area contributed by atoms with E-state index in [4.69, 9.17) is 0 Å². The predicted octanol–water partition coefficient (Wildman–Crippen LogP) is 1.07. The number of carbonyl (C=O) groups is 2. The van der Waals surface area contributed by atoms with Crippen LogP contribution in [0.5, 0.6) is 0 Å². The third kappa shape index (κ3) is 4.95. The summed E-state index contributed by atoms with van der Waals surface area (Å²) in [6, 6.07) is 0. The van der Waals surface area contributed by atoms with Gasteiger partial charge in [0.15, 0.2) is 5.78 Å². The van der Waals surface area contributed by atoms with Crippen molar-refractivity contribution in [3.05, 3.63) is 24.8 Å². The number of ketones is 1. The van der Waals surface area contributed by atoms with Gasteiger partial charge in [0, 0.05) is 13.0 Å². The number of hydrogen-bond donors (Lipinski definition) is 1. The van der Waals surface area contributed by atoms with Gasteiger partial charge in [-0.05, 0) is 18.6 Å². The van der Waals surface area contributed by atoms with E-state index in [1.54, 1.807) is 20.0 Å². The lowest BCUT2D eigenvalue weighted by Gasteiger charge is -2.01. The summed E-state index contributed by atoms with van der Waals surface area (Å²) in [6.07, 6.45) is 4.98. The highest BCUT2D eigenvalue weighted by Gasteiger charge is 2.06. The van der Waals surface area contributed by atoms with Crippen molar-refractivity contribution in [1.29, 1.82) is 0 Å². The van der Waals surface area contributed by atoms with E-state index in [0.29, 0.717) is 6.42 Å². The van der Waals surface area contributed by atoms with Gasteiger partial charge in [0.25, 0.3) is 0 Å². The molecule has 0 bridgehead atoms. The Hall–Kier alpha value is -1.38. The van der Waals surface area contributed by atoms with Crippen molar-refractivity contribution in [2.75, 3.05) is 7.05 Å². The molecule has 72 valence electrons. The average molecular weight is 181 g/mol. The zero-order valence-electron chi connectivity index (χ0n) is 8.04. The zero-order chi connectivity index (χ0) is 10.3. The largest absolute Gasteiger partial charge is 0.356 e. The molecule has 0 aromatic heterocycles. The summed E-state index contributed by atoms with van der Waals surface area (Å²) in [7, 11) is 1.56. The molecule has 13 heavy (non-hydrogen) atoms. The second kappa shape index (κ2) is 6.17. The maximum Gasteiger partial charge on any atom is 0.243 e. The second-order valence-corrected chi connectivity index (χ2v) is 2.76. The van der Waals surface area contributed by atoms with Crippen molar-refractivity contribution in [2.45, 2.75) is 13.3 Å². The Bertz CT molecular complexity index is 231. The van der Waals surface area contributed by atoms with E-state index in [9.17, 15) is 9.59 Å². The average Bonchev–Trinajstić information content (AvgIpc) is 2.15. The molecule has 3 heteroatoms. The SMILES string of the molecule is C=CC(=O)C(C)C/C=C\C(=O)NC. The minimum atomic E-state index is -0.154. The van der Waals surface area contributed by atoms with Crippen LogP contribution in [-0.4, -0.2) is 18.7 Å². The first-order valence-electron chi connectivity index (χ1n) is 4.16. The molecule has 0 saturated carbocycles. The van der Waals surface area contributed by atoms with Crippen LogP contribution >= 0.6 is 0 Å². The number of rotatable bonds is 5. The summed E-state index contributed by atoms with van der Waals surface area (Å²) in [4.78, 5) is 21.7. The lowest BCUT2D eigenvalue weighted by molar-refractivity contribution is -0.118. The number of amides is 1. The van der Waals surface area contributed by atoms with Crippen LogP contribution in [0.15, 0.2) is 24.8 Å². The van der Waals surface area contributed by atoms with E-state index in [1.165, 1.54) is 12.2 Å². The highest BCUT2D eigenvalue weighted by Crippen LogP contribution is 2.04. The quantitative estimate of drug-likeness (QED) is 0.645. The van der Waals surface area contributed by atoms with Gasteiger partial charge >= 0.3 is 0 Å². The predicted molar refractivity (Wildman–Crippen MR) is 52.2 cm³/mol. The number of carbonyl (C=O) groups excluding carboxylic acids is 2. The highest BCUT2D eigenvalue weighted by molar-refractivity contribution is 5.91. The standard InChI is InChI=1S/C10H15NO2/c1-4-9(12)8(2)6-5-7-10(13)11-3/h4-5,7-8H,1,6H2,2-3H3,(H,11,13)/b7-5-. The van der Waals surface area contributed by atoms with Crippen molar-refractivity contribution in [3.8, 4) is 0 Å². The van der Waals surface area contributed by atoms with Crippen molar-refractivity contribution in [2.24, 2.45) is 5.92 Å². The molecule has 0 fully saturated rings. The first kappa shape index (κ1) is 11.6. The van der Waals surface area contributed by atoms with Crippen LogP contribution in [0.1, 0.15) is 13.3 Å². The summed E-state index contributed by atoms with van der Waals surface area (Å²) >= 11 is 0.